The molecule has 34 heavy (non-hydrogen) atoms. The quantitative estimate of drug-likeness (QED) is 0.606. The average Bonchev–Trinajstić information content (AvgIpc) is 3.26. The Bertz CT molecular complexity index is 1010. The van der Waals surface area contributed by atoms with Crippen molar-refractivity contribution in [1.29, 1.82) is 0 Å². The van der Waals surface area contributed by atoms with Gasteiger partial charge in [0.05, 0.1) is 18.2 Å². The third kappa shape index (κ3) is 4.87. The van der Waals surface area contributed by atoms with Crippen molar-refractivity contribution in [1.82, 2.24) is 15.5 Å². The molecule has 2 saturated carbocycles. The van der Waals surface area contributed by atoms with E-state index < -0.39 is 23.6 Å². The van der Waals surface area contributed by atoms with E-state index >= 15 is 0 Å². The molecule has 1 aromatic heterocycles. The second kappa shape index (κ2) is 8.69. The minimum atomic E-state index is -4.64. The SMILES string of the molecule is O=C(COc1ccc(Cl)cc1)NC12CCC(c3nnc(C4CC(OC(F)(F)F)C4)o3)(CC1)OC2. The van der Waals surface area contributed by atoms with Crippen LogP contribution < -0.4 is 10.1 Å². The number of carbonyl (C=O) groups excluding carboxylic acids is 1. The maximum absolute atomic E-state index is 12.5. The highest BCUT2D eigenvalue weighted by molar-refractivity contribution is 6.30. The molecule has 2 saturated heterocycles. The van der Waals surface area contributed by atoms with E-state index in [1.54, 1.807) is 24.3 Å². The predicted octanol–water partition coefficient (Wildman–Crippen LogP) is 4.24. The molecule has 0 radical (unpaired) electrons. The zero-order chi connectivity index (χ0) is 24.0. The van der Waals surface area contributed by atoms with E-state index in [4.69, 9.17) is 25.5 Å². The molecule has 1 N–H and O–H groups in total. The summed E-state index contributed by atoms with van der Waals surface area (Å²) < 4.78 is 58.5. The summed E-state index contributed by atoms with van der Waals surface area (Å²) in [6.07, 6.45) is -2.66. The predicted molar refractivity (Wildman–Crippen MR) is 111 cm³/mol. The van der Waals surface area contributed by atoms with Crippen LogP contribution in [0.2, 0.25) is 5.02 Å². The Hall–Kier alpha value is -2.37. The lowest BCUT2D eigenvalue weighted by Crippen LogP contribution is -2.62. The van der Waals surface area contributed by atoms with Crippen molar-refractivity contribution >= 4 is 17.5 Å². The number of amides is 1. The van der Waals surface area contributed by atoms with Crippen LogP contribution in [0.4, 0.5) is 13.2 Å². The number of halogens is 4. The van der Waals surface area contributed by atoms with Crippen LogP contribution in [-0.4, -0.2) is 47.3 Å². The van der Waals surface area contributed by atoms with Crippen molar-refractivity contribution in [2.45, 2.75) is 68.0 Å². The Morgan fingerprint density at radius 2 is 1.85 bits per heavy atom. The Kier molecular flexibility index (Phi) is 5.97. The molecule has 2 bridgehead atoms. The van der Waals surface area contributed by atoms with Crippen LogP contribution in [0.3, 0.4) is 0 Å². The van der Waals surface area contributed by atoms with Crippen LogP contribution in [0.5, 0.6) is 5.75 Å². The van der Waals surface area contributed by atoms with E-state index in [-0.39, 0.29) is 31.3 Å². The monoisotopic (exact) mass is 501 g/mol. The van der Waals surface area contributed by atoms with Gasteiger partial charge in [-0.3, -0.25) is 9.53 Å². The van der Waals surface area contributed by atoms with Crippen molar-refractivity contribution < 1.29 is 36.6 Å². The summed E-state index contributed by atoms with van der Waals surface area (Å²) in [5.74, 6) is 0.706. The number of benzene rings is 1. The third-order valence-electron chi connectivity index (χ3n) is 6.80. The number of nitrogens with one attached hydrogen (secondary N) is 1. The van der Waals surface area contributed by atoms with Crippen molar-refractivity contribution in [3.63, 3.8) is 0 Å². The number of alkyl halides is 3. The Balaban J connectivity index is 1.13. The van der Waals surface area contributed by atoms with Crippen LogP contribution in [0.1, 0.15) is 56.2 Å². The van der Waals surface area contributed by atoms with Crippen LogP contribution in [0, 0.1) is 0 Å². The summed E-state index contributed by atoms with van der Waals surface area (Å²) in [6, 6.07) is 6.76. The summed E-state index contributed by atoms with van der Waals surface area (Å²) in [5, 5.41) is 11.8. The smallest absolute Gasteiger partial charge is 0.484 e. The van der Waals surface area contributed by atoms with Gasteiger partial charge in [-0.25, -0.2) is 0 Å². The standard InChI is InChI=1S/C22H23ClF3N3O5/c23-14-1-3-15(4-2-14)31-11-17(30)27-20-5-7-21(8-6-20,32-12-20)19-29-28-18(33-19)13-9-16(10-13)34-22(24,25)26/h1-4,13,16H,5-12H2,(H,27,30). The van der Waals surface area contributed by atoms with Crippen molar-refractivity contribution in [2.75, 3.05) is 13.2 Å². The molecule has 8 nitrogen and oxygen atoms in total. The zero-order valence-electron chi connectivity index (χ0n) is 18.1. The second-order valence-electron chi connectivity index (χ2n) is 9.15. The molecule has 184 valence electrons. The molecular weight excluding hydrogens is 479 g/mol. The second-order valence-corrected chi connectivity index (χ2v) is 9.59. The van der Waals surface area contributed by atoms with Crippen LogP contribution >= 0.6 is 11.6 Å². The third-order valence-corrected chi connectivity index (χ3v) is 7.05. The first kappa shape index (κ1) is 23.4. The largest absolute Gasteiger partial charge is 0.522 e. The molecule has 0 spiro atoms. The molecule has 4 aliphatic rings. The van der Waals surface area contributed by atoms with E-state index in [1.165, 1.54) is 0 Å². The van der Waals surface area contributed by atoms with Crippen molar-refractivity contribution in [3.8, 4) is 5.75 Å². The van der Waals surface area contributed by atoms with Gasteiger partial charge >= 0.3 is 6.36 Å². The number of rotatable bonds is 7. The van der Waals surface area contributed by atoms with Gasteiger partial charge in [-0.2, -0.15) is 0 Å². The molecular formula is C22H23ClF3N3O5. The fraction of sp³-hybridized carbons (Fsp3) is 0.591. The van der Waals surface area contributed by atoms with Gasteiger partial charge in [0.1, 0.15) is 11.4 Å². The highest BCUT2D eigenvalue weighted by atomic mass is 35.5. The maximum Gasteiger partial charge on any atom is 0.522 e. The van der Waals surface area contributed by atoms with Gasteiger partial charge in [0.15, 0.2) is 6.61 Å². The number of hydrogen-bond acceptors (Lipinski definition) is 7. The molecule has 2 aliphatic carbocycles. The van der Waals surface area contributed by atoms with Gasteiger partial charge in [0.25, 0.3) is 5.91 Å². The van der Waals surface area contributed by atoms with Crippen molar-refractivity contribution in [3.05, 3.63) is 41.1 Å². The number of hydrogen-bond donors (Lipinski definition) is 1. The topological polar surface area (TPSA) is 95.7 Å². The first-order valence-electron chi connectivity index (χ1n) is 11.1. The summed E-state index contributed by atoms with van der Waals surface area (Å²) in [4.78, 5) is 12.5. The summed E-state index contributed by atoms with van der Waals surface area (Å²) >= 11 is 5.85. The Morgan fingerprint density at radius 3 is 2.47 bits per heavy atom. The van der Waals surface area contributed by atoms with Gasteiger partial charge in [-0.05, 0) is 62.8 Å². The van der Waals surface area contributed by atoms with Gasteiger partial charge in [0.2, 0.25) is 11.8 Å². The fourth-order valence-corrected chi connectivity index (χ4v) is 4.91. The molecule has 2 aliphatic heterocycles. The Labute approximate surface area is 198 Å². The van der Waals surface area contributed by atoms with Gasteiger partial charge in [0, 0.05) is 10.9 Å². The number of carbonyl (C=O) groups is 1. The summed E-state index contributed by atoms with van der Waals surface area (Å²) in [5.41, 5.74) is -1.22. The zero-order valence-corrected chi connectivity index (χ0v) is 18.8. The van der Waals surface area contributed by atoms with E-state index in [0.29, 0.717) is 54.8 Å². The van der Waals surface area contributed by atoms with Gasteiger partial charge in [-0.1, -0.05) is 11.6 Å². The lowest BCUT2D eigenvalue weighted by molar-refractivity contribution is -0.352. The molecule has 12 heteroatoms. The average molecular weight is 502 g/mol. The lowest BCUT2D eigenvalue weighted by Gasteiger charge is -2.51. The van der Waals surface area contributed by atoms with Crippen molar-refractivity contribution in [2.24, 2.45) is 0 Å². The summed E-state index contributed by atoms with van der Waals surface area (Å²) in [7, 11) is 0. The van der Waals surface area contributed by atoms with E-state index in [0.717, 1.165) is 0 Å². The van der Waals surface area contributed by atoms with Crippen LogP contribution in [-0.2, 0) is 19.9 Å². The maximum atomic E-state index is 12.5. The number of nitrogens with zero attached hydrogens (tertiary/aromatic N) is 2. The fourth-order valence-electron chi connectivity index (χ4n) is 4.78. The molecule has 4 fully saturated rings. The molecule has 1 aromatic carbocycles. The molecule has 6 rings (SSSR count). The first-order chi connectivity index (χ1) is 16.1. The Morgan fingerprint density at radius 1 is 1.15 bits per heavy atom. The normalized spacial score (nSPS) is 30.6. The van der Waals surface area contributed by atoms with E-state index in [2.05, 4.69) is 20.3 Å². The number of fused-ring (bicyclic) bond motifs is 3. The number of ether oxygens (including phenoxy) is 3. The van der Waals surface area contributed by atoms with Crippen LogP contribution in [0.15, 0.2) is 28.7 Å². The lowest BCUT2D eigenvalue weighted by atomic mass is 9.71. The van der Waals surface area contributed by atoms with Crippen LogP contribution in [0.25, 0.3) is 0 Å². The highest BCUT2D eigenvalue weighted by Crippen LogP contribution is 2.50. The van der Waals surface area contributed by atoms with Gasteiger partial charge < -0.3 is 19.2 Å². The molecule has 0 unspecified atom stereocenters. The number of aromatic nitrogens is 2. The molecule has 2 aromatic rings. The first-order valence-corrected chi connectivity index (χ1v) is 11.4. The van der Waals surface area contributed by atoms with E-state index in [9.17, 15) is 18.0 Å². The van der Waals surface area contributed by atoms with E-state index in [1.807, 2.05) is 0 Å². The molecule has 1 amide bonds. The highest BCUT2D eigenvalue weighted by Gasteiger charge is 2.54. The molecule has 3 heterocycles. The molecule has 0 atom stereocenters. The minimum absolute atomic E-state index is 0.123. The summed E-state index contributed by atoms with van der Waals surface area (Å²) in [6.45, 7) is 0.171. The minimum Gasteiger partial charge on any atom is -0.484 e. The van der Waals surface area contributed by atoms with Gasteiger partial charge in [-0.15, -0.1) is 23.4 Å².